The summed E-state index contributed by atoms with van der Waals surface area (Å²) in [5.41, 5.74) is 5.70. The number of nitro benzene ring substituents is 1. The Kier molecular flexibility index (Phi) is 5.73. The summed E-state index contributed by atoms with van der Waals surface area (Å²) in [5.74, 6) is -0.847. The molecule has 25 heavy (non-hydrogen) atoms. The highest BCUT2D eigenvalue weighted by molar-refractivity contribution is 7.89. The minimum absolute atomic E-state index is 0.0404. The van der Waals surface area contributed by atoms with E-state index in [1.807, 2.05) is 0 Å². The van der Waals surface area contributed by atoms with E-state index in [0.29, 0.717) is 10.6 Å². The first kappa shape index (κ1) is 18.8. The topological polar surface area (TPSA) is 132 Å². The maximum Gasteiger partial charge on any atom is 0.269 e. The number of amides is 1. The first-order valence-corrected chi connectivity index (χ1v) is 8.86. The highest BCUT2D eigenvalue weighted by atomic mass is 35.5. The third-order valence-corrected chi connectivity index (χ3v) is 5.09. The molecule has 8 nitrogen and oxygen atoms in total. The van der Waals surface area contributed by atoms with Gasteiger partial charge in [0.1, 0.15) is 6.04 Å². The molecular formula is C15H14ClN3O5S. The van der Waals surface area contributed by atoms with Crippen molar-refractivity contribution in [3.8, 4) is 0 Å². The molecular weight excluding hydrogens is 370 g/mol. The van der Waals surface area contributed by atoms with Crippen LogP contribution in [0.2, 0.25) is 5.02 Å². The van der Waals surface area contributed by atoms with Crippen LogP contribution >= 0.6 is 11.6 Å². The first-order valence-electron chi connectivity index (χ1n) is 6.99. The molecule has 0 heterocycles. The number of non-ortho nitro benzene ring substituents is 1. The molecule has 1 atom stereocenters. The molecule has 0 aliphatic rings. The molecule has 1 unspecified atom stereocenters. The van der Waals surface area contributed by atoms with E-state index in [0.717, 1.165) is 24.3 Å². The van der Waals surface area contributed by atoms with Crippen molar-refractivity contribution in [1.82, 2.24) is 4.72 Å². The Morgan fingerprint density at radius 3 is 2.20 bits per heavy atom. The largest absolute Gasteiger partial charge is 0.368 e. The molecule has 1 amide bonds. The van der Waals surface area contributed by atoms with Gasteiger partial charge in [-0.25, -0.2) is 8.42 Å². The Morgan fingerprint density at radius 1 is 1.16 bits per heavy atom. The van der Waals surface area contributed by atoms with Gasteiger partial charge in [-0.1, -0.05) is 23.7 Å². The van der Waals surface area contributed by atoms with Crippen LogP contribution in [-0.2, 0) is 21.2 Å². The van der Waals surface area contributed by atoms with E-state index in [-0.39, 0.29) is 17.0 Å². The van der Waals surface area contributed by atoms with Gasteiger partial charge in [0.05, 0.1) is 9.82 Å². The number of benzene rings is 2. The molecule has 0 fully saturated rings. The zero-order valence-electron chi connectivity index (χ0n) is 12.8. The zero-order chi connectivity index (χ0) is 18.6. The number of rotatable bonds is 7. The molecule has 2 aromatic carbocycles. The third kappa shape index (κ3) is 4.99. The second-order valence-corrected chi connectivity index (χ2v) is 7.31. The van der Waals surface area contributed by atoms with Gasteiger partial charge in [-0.15, -0.1) is 0 Å². The minimum Gasteiger partial charge on any atom is -0.368 e. The number of carbonyl (C=O) groups is 1. The molecule has 0 bridgehead atoms. The molecule has 0 saturated heterocycles. The molecule has 2 rings (SSSR count). The molecule has 3 N–H and O–H groups in total. The maximum atomic E-state index is 12.4. The lowest BCUT2D eigenvalue weighted by Gasteiger charge is -2.16. The van der Waals surface area contributed by atoms with Crippen molar-refractivity contribution in [2.24, 2.45) is 5.73 Å². The van der Waals surface area contributed by atoms with E-state index in [9.17, 15) is 23.3 Å². The van der Waals surface area contributed by atoms with E-state index in [4.69, 9.17) is 17.3 Å². The van der Waals surface area contributed by atoms with Gasteiger partial charge in [-0.2, -0.15) is 4.72 Å². The summed E-state index contributed by atoms with van der Waals surface area (Å²) >= 11 is 5.78. The number of hydrogen-bond acceptors (Lipinski definition) is 5. The Morgan fingerprint density at radius 2 is 1.72 bits per heavy atom. The average molecular weight is 384 g/mol. The van der Waals surface area contributed by atoms with Crippen molar-refractivity contribution in [1.29, 1.82) is 0 Å². The second-order valence-electron chi connectivity index (χ2n) is 5.16. The predicted octanol–water partition coefficient (Wildman–Crippen LogP) is 1.62. The Labute approximate surface area is 148 Å². The minimum atomic E-state index is -4.07. The van der Waals surface area contributed by atoms with Crippen LogP contribution in [-0.4, -0.2) is 25.3 Å². The highest BCUT2D eigenvalue weighted by Gasteiger charge is 2.24. The summed E-state index contributed by atoms with van der Waals surface area (Å²) < 4.78 is 26.9. The van der Waals surface area contributed by atoms with Gasteiger partial charge in [0.2, 0.25) is 15.9 Å². The number of primary amides is 1. The smallest absolute Gasteiger partial charge is 0.269 e. The lowest BCUT2D eigenvalue weighted by molar-refractivity contribution is -0.384. The zero-order valence-corrected chi connectivity index (χ0v) is 14.3. The predicted molar refractivity (Wildman–Crippen MR) is 91.6 cm³/mol. The second kappa shape index (κ2) is 7.60. The van der Waals surface area contributed by atoms with E-state index >= 15 is 0 Å². The summed E-state index contributed by atoms with van der Waals surface area (Å²) in [4.78, 5) is 21.4. The van der Waals surface area contributed by atoms with Crippen molar-refractivity contribution in [2.45, 2.75) is 17.4 Å². The molecule has 10 heteroatoms. The van der Waals surface area contributed by atoms with Crippen LogP contribution in [0.25, 0.3) is 0 Å². The van der Waals surface area contributed by atoms with Crippen molar-refractivity contribution in [3.63, 3.8) is 0 Å². The lowest BCUT2D eigenvalue weighted by atomic mass is 10.1. The van der Waals surface area contributed by atoms with Crippen LogP contribution < -0.4 is 10.5 Å². The third-order valence-electron chi connectivity index (χ3n) is 3.35. The van der Waals surface area contributed by atoms with Crippen molar-refractivity contribution >= 4 is 33.2 Å². The van der Waals surface area contributed by atoms with Crippen LogP contribution in [0.1, 0.15) is 5.56 Å². The van der Waals surface area contributed by atoms with Crippen molar-refractivity contribution in [3.05, 3.63) is 69.2 Å². The number of sulfonamides is 1. The summed E-state index contributed by atoms with van der Waals surface area (Å²) in [6, 6.07) is 9.64. The van der Waals surface area contributed by atoms with Gasteiger partial charge in [-0.05, 0) is 36.2 Å². The normalized spacial score (nSPS) is 12.5. The van der Waals surface area contributed by atoms with Crippen molar-refractivity contribution < 1.29 is 18.1 Å². The van der Waals surface area contributed by atoms with Gasteiger partial charge in [0.15, 0.2) is 0 Å². The van der Waals surface area contributed by atoms with Gasteiger partial charge in [0.25, 0.3) is 5.69 Å². The van der Waals surface area contributed by atoms with Gasteiger partial charge in [-0.3, -0.25) is 14.9 Å². The van der Waals surface area contributed by atoms with E-state index < -0.39 is 26.9 Å². The van der Waals surface area contributed by atoms with Crippen LogP contribution in [0.15, 0.2) is 53.4 Å². The molecule has 0 spiro atoms. The summed E-state index contributed by atoms with van der Waals surface area (Å²) in [6.45, 7) is 0. The summed E-state index contributed by atoms with van der Waals surface area (Å²) in [6.07, 6.45) is 0.0404. The summed E-state index contributed by atoms with van der Waals surface area (Å²) in [7, 11) is -4.07. The molecule has 132 valence electrons. The SMILES string of the molecule is NC(=O)C(Cc1ccc(Cl)cc1)NS(=O)(=O)c1ccc([N+](=O)[O-])cc1. The fourth-order valence-corrected chi connectivity index (χ4v) is 3.39. The fourth-order valence-electron chi connectivity index (χ4n) is 2.06. The van der Waals surface area contributed by atoms with E-state index in [1.54, 1.807) is 24.3 Å². The monoisotopic (exact) mass is 383 g/mol. The van der Waals surface area contributed by atoms with Gasteiger partial charge in [0, 0.05) is 17.2 Å². The fraction of sp³-hybridized carbons (Fsp3) is 0.133. The Balaban J connectivity index is 2.20. The highest BCUT2D eigenvalue weighted by Crippen LogP contribution is 2.17. The number of nitrogens with two attached hydrogens (primary N) is 1. The molecule has 2 aromatic rings. The van der Waals surface area contributed by atoms with Crippen LogP contribution in [0.3, 0.4) is 0 Å². The van der Waals surface area contributed by atoms with Crippen LogP contribution in [0.4, 0.5) is 5.69 Å². The lowest BCUT2D eigenvalue weighted by Crippen LogP contribution is -2.45. The average Bonchev–Trinajstić information content (AvgIpc) is 2.56. The standard InChI is InChI=1S/C15H14ClN3O5S/c16-11-3-1-10(2-4-11)9-14(15(17)20)18-25(23,24)13-7-5-12(6-8-13)19(21)22/h1-8,14,18H,9H2,(H2,17,20). The Bertz CT molecular complexity index is 882. The van der Waals surface area contributed by atoms with E-state index in [2.05, 4.69) is 4.72 Å². The quantitative estimate of drug-likeness (QED) is 0.553. The molecule has 0 saturated carbocycles. The molecule has 0 aliphatic carbocycles. The summed E-state index contributed by atoms with van der Waals surface area (Å²) in [5, 5.41) is 11.1. The van der Waals surface area contributed by atoms with Crippen molar-refractivity contribution in [2.75, 3.05) is 0 Å². The Hall–Kier alpha value is -2.49. The van der Waals surface area contributed by atoms with Crippen LogP contribution in [0.5, 0.6) is 0 Å². The van der Waals surface area contributed by atoms with Gasteiger partial charge < -0.3 is 5.73 Å². The first-order chi connectivity index (χ1) is 11.7. The molecule has 0 aliphatic heterocycles. The number of nitro groups is 1. The number of halogens is 1. The van der Waals surface area contributed by atoms with E-state index in [1.165, 1.54) is 0 Å². The number of nitrogens with zero attached hydrogens (tertiary/aromatic N) is 1. The number of nitrogens with one attached hydrogen (secondary N) is 1. The number of carbonyl (C=O) groups excluding carboxylic acids is 1. The molecule has 0 aromatic heterocycles. The van der Waals surface area contributed by atoms with Crippen LogP contribution in [0, 0.1) is 10.1 Å². The molecule has 0 radical (unpaired) electrons. The number of hydrogen-bond donors (Lipinski definition) is 2. The maximum absolute atomic E-state index is 12.4. The van der Waals surface area contributed by atoms with Gasteiger partial charge >= 0.3 is 0 Å².